The highest BCUT2D eigenvalue weighted by atomic mass is 35.5. The average molecular weight is 347 g/mol. The minimum absolute atomic E-state index is 0.119. The van der Waals surface area contributed by atoms with Crippen LogP contribution in [0.4, 0.5) is 0 Å². The van der Waals surface area contributed by atoms with Crippen LogP contribution >= 0.6 is 11.6 Å². The molecule has 24 heavy (non-hydrogen) atoms. The number of furan rings is 1. The summed E-state index contributed by atoms with van der Waals surface area (Å²) in [6.45, 7) is 6.53. The summed E-state index contributed by atoms with van der Waals surface area (Å²) in [6.07, 6.45) is 2.90. The van der Waals surface area contributed by atoms with Crippen LogP contribution in [-0.2, 0) is 4.84 Å². The highest BCUT2D eigenvalue weighted by Crippen LogP contribution is 2.36. The van der Waals surface area contributed by atoms with Crippen LogP contribution in [0.1, 0.15) is 39.0 Å². The molecule has 128 valence electrons. The van der Waals surface area contributed by atoms with Gasteiger partial charge in [0.15, 0.2) is 0 Å². The monoisotopic (exact) mass is 346 g/mol. The summed E-state index contributed by atoms with van der Waals surface area (Å²) in [5.41, 5.74) is 6.85. The number of benzene rings is 1. The van der Waals surface area contributed by atoms with Crippen LogP contribution in [0, 0.1) is 5.92 Å². The van der Waals surface area contributed by atoms with E-state index >= 15 is 0 Å². The smallest absolute Gasteiger partial charge is 0.207 e. The second-order valence-electron chi connectivity index (χ2n) is 6.66. The van der Waals surface area contributed by atoms with Crippen LogP contribution in [0.15, 0.2) is 52.8 Å². The Balaban J connectivity index is 1.84. The van der Waals surface area contributed by atoms with Crippen LogP contribution in [0.25, 0.3) is 11.3 Å². The summed E-state index contributed by atoms with van der Waals surface area (Å²) in [5.74, 6) is 2.57. The van der Waals surface area contributed by atoms with E-state index in [-0.39, 0.29) is 12.1 Å². The van der Waals surface area contributed by atoms with Gasteiger partial charge >= 0.3 is 0 Å². The van der Waals surface area contributed by atoms with E-state index < -0.39 is 0 Å². The highest BCUT2D eigenvalue weighted by Gasteiger charge is 2.33. The Hall–Kier alpha value is -1.91. The van der Waals surface area contributed by atoms with E-state index in [1.165, 1.54) is 0 Å². The van der Waals surface area contributed by atoms with Gasteiger partial charge in [-0.1, -0.05) is 37.6 Å². The van der Waals surface area contributed by atoms with E-state index in [0.717, 1.165) is 23.5 Å². The molecule has 1 aromatic carbocycles. The molecule has 0 amide bonds. The Morgan fingerprint density at radius 1 is 1.21 bits per heavy atom. The molecule has 5 heteroatoms. The lowest BCUT2D eigenvalue weighted by Gasteiger charge is -2.28. The van der Waals surface area contributed by atoms with Crippen LogP contribution < -0.4 is 5.73 Å². The highest BCUT2D eigenvalue weighted by molar-refractivity contribution is 6.30. The largest absolute Gasteiger partial charge is 0.459 e. The van der Waals surface area contributed by atoms with Gasteiger partial charge in [0.25, 0.3) is 0 Å². The van der Waals surface area contributed by atoms with Gasteiger partial charge in [-0.2, -0.15) is 0 Å². The Morgan fingerprint density at radius 3 is 2.71 bits per heavy atom. The van der Waals surface area contributed by atoms with Gasteiger partial charge in [-0.25, -0.2) is 0 Å². The minimum Gasteiger partial charge on any atom is -0.459 e. The van der Waals surface area contributed by atoms with Crippen molar-refractivity contribution in [2.45, 2.75) is 39.3 Å². The van der Waals surface area contributed by atoms with E-state index in [0.29, 0.717) is 16.8 Å². The third-order valence-corrected chi connectivity index (χ3v) is 4.32. The molecule has 4 nitrogen and oxygen atoms in total. The lowest BCUT2D eigenvalue weighted by atomic mass is 10.0. The second kappa shape index (κ2) is 6.91. The summed E-state index contributed by atoms with van der Waals surface area (Å²) in [7, 11) is 0. The second-order valence-corrected chi connectivity index (χ2v) is 7.09. The molecule has 2 heterocycles. The Morgan fingerprint density at radius 2 is 2.00 bits per heavy atom. The number of halogens is 1. The van der Waals surface area contributed by atoms with E-state index in [9.17, 15) is 0 Å². The van der Waals surface area contributed by atoms with E-state index in [4.69, 9.17) is 26.6 Å². The molecule has 0 spiro atoms. The molecule has 0 aliphatic carbocycles. The van der Waals surface area contributed by atoms with Crippen molar-refractivity contribution in [1.29, 1.82) is 0 Å². The predicted molar refractivity (Wildman–Crippen MR) is 96.0 cm³/mol. The fourth-order valence-electron chi connectivity index (χ4n) is 3.10. The molecule has 0 saturated carbocycles. The lowest BCUT2D eigenvalue weighted by molar-refractivity contribution is -0.154. The maximum atomic E-state index is 6.06. The molecule has 0 saturated heterocycles. The van der Waals surface area contributed by atoms with Gasteiger partial charge < -0.3 is 15.0 Å². The molecule has 0 bridgehead atoms. The standard InChI is InChI=1S/C19H23ClN2O2/c1-12(2)9-13(3)22-16(11-19(21)24-22)18-8-7-17(23-18)14-5-4-6-15(20)10-14/h4-8,10-13,16H,9,21H2,1-3H3. The van der Waals surface area contributed by atoms with Crippen molar-refractivity contribution < 1.29 is 9.25 Å². The summed E-state index contributed by atoms with van der Waals surface area (Å²) < 4.78 is 6.06. The van der Waals surface area contributed by atoms with Gasteiger partial charge in [-0.15, -0.1) is 5.06 Å². The molecule has 2 atom stereocenters. The first-order valence-electron chi connectivity index (χ1n) is 8.23. The summed E-state index contributed by atoms with van der Waals surface area (Å²) in [6, 6.07) is 11.6. The molecule has 1 aliphatic rings. The maximum absolute atomic E-state index is 6.06. The van der Waals surface area contributed by atoms with Crippen LogP contribution in [0.2, 0.25) is 5.02 Å². The summed E-state index contributed by atoms with van der Waals surface area (Å²) >= 11 is 6.06. The third kappa shape index (κ3) is 3.60. The predicted octanol–water partition coefficient (Wildman–Crippen LogP) is 5.12. The first kappa shape index (κ1) is 16.9. The molecular weight excluding hydrogens is 324 g/mol. The molecule has 2 N–H and O–H groups in total. The van der Waals surface area contributed by atoms with E-state index in [2.05, 4.69) is 20.8 Å². The van der Waals surface area contributed by atoms with Gasteiger partial charge in [0.2, 0.25) is 5.88 Å². The third-order valence-electron chi connectivity index (χ3n) is 4.08. The topological polar surface area (TPSA) is 51.6 Å². The molecular formula is C19H23ClN2O2. The summed E-state index contributed by atoms with van der Waals surface area (Å²) in [4.78, 5) is 5.72. The van der Waals surface area contributed by atoms with Crippen LogP contribution in [0.5, 0.6) is 0 Å². The number of nitrogens with zero attached hydrogens (tertiary/aromatic N) is 1. The van der Waals surface area contributed by atoms with Crippen molar-refractivity contribution >= 4 is 11.6 Å². The molecule has 0 radical (unpaired) electrons. The van der Waals surface area contributed by atoms with Gasteiger partial charge in [0.05, 0.1) is 0 Å². The van der Waals surface area contributed by atoms with E-state index in [1.807, 2.05) is 47.5 Å². The maximum Gasteiger partial charge on any atom is 0.207 e. The molecule has 2 aromatic rings. The normalized spacial score (nSPS) is 19.4. The number of nitrogens with two attached hydrogens (primary N) is 1. The number of hydrogen-bond acceptors (Lipinski definition) is 4. The minimum atomic E-state index is -0.119. The van der Waals surface area contributed by atoms with E-state index in [1.54, 1.807) is 0 Å². The summed E-state index contributed by atoms with van der Waals surface area (Å²) in [5, 5.41) is 2.60. The van der Waals surface area contributed by atoms with Crippen molar-refractivity contribution in [2.24, 2.45) is 11.7 Å². The first-order valence-corrected chi connectivity index (χ1v) is 8.61. The Kier molecular flexibility index (Phi) is 4.88. The first-order chi connectivity index (χ1) is 11.4. The fraction of sp³-hybridized carbons (Fsp3) is 0.368. The van der Waals surface area contributed by atoms with Crippen molar-refractivity contribution in [3.05, 3.63) is 59.1 Å². The number of rotatable bonds is 5. The van der Waals surface area contributed by atoms with Crippen LogP contribution in [-0.4, -0.2) is 11.1 Å². The van der Waals surface area contributed by atoms with Crippen LogP contribution in [0.3, 0.4) is 0 Å². The Labute approximate surface area is 147 Å². The average Bonchev–Trinajstić information content (AvgIpc) is 3.13. The lowest BCUT2D eigenvalue weighted by Crippen LogP contribution is -2.33. The fourth-order valence-corrected chi connectivity index (χ4v) is 3.29. The molecule has 3 rings (SSSR count). The van der Waals surface area contributed by atoms with Gasteiger partial charge in [-0.05, 0) is 43.5 Å². The van der Waals surface area contributed by atoms with Crippen molar-refractivity contribution in [1.82, 2.24) is 5.06 Å². The zero-order chi connectivity index (χ0) is 17.3. The van der Waals surface area contributed by atoms with Gasteiger partial charge in [-0.3, -0.25) is 0 Å². The number of hydroxylamine groups is 2. The molecule has 0 fully saturated rings. The number of hydrogen-bond donors (Lipinski definition) is 1. The SMILES string of the molecule is CC(C)CC(C)N1OC(N)=CC1c1ccc(-c2cccc(Cl)c2)o1. The zero-order valence-electron chi connectivity index (χ0n) is 14.2. The van der Waals surface area contributed by atoms with Gasteiger partial charge in [0, 0.05) is 22.7 Å². The molecule has 2 unspecified atom stereocenters. The molecule has 1 aliphatic heterocycles. The zero-order valence-corrected chi connectivity index (χ0v) is 15.0. The Bertz CT molecular complexity index is 738. The van der Waals surface area contributed by atoms with Crippen molar-refractivity contribution in [3.63, 3.8) is 0 Å². The quantitative estimate of drug-likeness (QED) is 0.816. The van der Waals surface area contributed by atoms with Gasteiger partial charge in [0.1, 0.15) is 17.6 Å². The molecule has 1 aromatic heterocycles. The van der Waals surface area contributed by atoms with Crippen molar-refractivity contribution in [2.75, 3.05) is 0 Å². The van der Waals surface area contributed by atoms with Crippen molar-refractivity contribution in [3.8, 4) is 11.3 Å².